The number of benzene rings is 1. The summed E-state index contributed by atoms with van der Waals surface area (Å²) in [5, 5.41) is 9.26. The topological polar surface area (TPSA) is 83.9 Å². The fourth-order valence-electron chi connectivity index (χ4n) is 1.90. The summed E-state index contributed by atoms with van der Waals surface area (Å²) >= 11 is 0.731. The van der Waals surface area contributed by atoms with Crippen molar-refractivity contribution in [3.05, 3.63) is 34.2 Å². The zero-order valence-electron chi connectivity index (χ0n) is 12.2. The molecule has 0 aromatic heterocycles. The number of esters is 1. The molecule has 6 nitrogen and oxygen atoms in total. The second-order valence-electron chi connectivity index (χ2n) is 4.64. The molecular weight excluding hydrogens is 306 g/mol. The van der Waals surface area contributed by atoms with E-state index in [2.05, 4.69) is 0 Å². The van der Waals surface area contributed by atoms with Crippen molar-refractivity contribution in [2.45, 2.75) is 13.8 Å². The third kappa shape index (κ3) is 3.48. The number of thioether (sulfide) groups is 1. The average molecular weight is 321 g/mol. The van der Waals surface area contributed by atoms with Crippen LogP contribution in [0.15, 0.2) is 23.1 Å². The van der Waals surface area contributed by atoms with Gasteiger partial charge in [0.15, 0.2) is 0 Å². The predicted octanol–water partition coefficient (Wildman–Crippen LogP) is 2.30. The quantitative estimate of drug-likeness (QED) is 0.677. The van der Waals surface area contributed by atoms with Gasteiger partial charge in [-0.15, -0.1) is 0 Å². The predicted molar refractivity (Wildman–Crippen MR) is 82.2 cm³/mol. The standard InChI is InChI=1S/C15H15NO5S/c1-3-21-13(18)8-16-14(19)12(22-15(16)20)7-10-6-9(2)4-5-11(10)17/h4-7,17H,3,8H2,1-2H3/b12-7-. The van der Waals surface area contributed by atoms with E-state index in [1.54, 1.807) is 19.1 Å². The van der Waals surface area contributed by atoms with Gasteiger partial charge in [0.05, 0.1) is 11.5 Å². The van der Waals surface area contributed by atoms with E-state index in [1.165, 1.54) is 12.1 Å². The molecule has 1 heterocycles. The Bertz CT molecular complexity index is 668. The Morgan fingerprint density at radius 2 is 2.14 bits per heavy atom. The molecule has 1 fully saturated rings. The number of phenolic OH excluding ortho intramolecular Hbond substituents is 1. The molecule has 1 aromatic carbocycles. The Morgan fingerprint density at radius 3 is 2.82 bits per heavy atom. The minimum absolute atomic E-state index is 0.0165. The molecule has 22 heavy (non-hydrogen) atoms. The van der Waals surface area contributed by atoms with Gasteiger partial charge in [-0.2, -0.15) is 0 Å². The van der Waals surface area contributed by atoms with E-state index in [0.717, 1.165) is 22.2 Å². The smallest absolute Gasteiger partial charge is 0.326 e. The average Bonchev–Trinajstić information content (AvgIpc) is 2.71. The third-order valence-electron chi connectivity index (χ3n) is 2.94. The summed E-state index contributed by atoms with van der Waals surface area (Å²) in [6.45, 7) is 3.27. The minimum Gasteiger partial charge on any atom is -0.507 e. The summed E-state index contributed by atoms with van der Waals surface area (Å²) in [5.74, 6) is -1.18. The van der Waals surface area contributed by atoms with Gasteiger partial charge in [-0.1, -0.05) is 11.6 Å². The van der Waals surface area contributed by atoms with E-state index in [-0.39, 0.29) is 17.3 Å². The molecule has 0 radical (unpaired) electrons. The van der Waals surface area contributed by atoms with Crippen LogP contribution in [0.5, 0.6) is 5.75 Å². The van der Waals surface area contributed by atoms with Crippen LogP contribution in [0.25, 0.3) is 6.08 Å². The molecule has 1 aliphatic heterocycles. The minimum atomic E-state index is -0.635. The molecule has 0 bridgehead atoms. The van der Waals surface area contributed by atoms with Crippen LogP contribution >= 0.6 is 11.8 Å². The number of hydrogen-bond acceptors (Lipinski definition) is 6. The lowest BCUT2D eigenvalue weighted by Gasteiger charge is -2.10. The van der Waals surface area contributed by atoms with Crippen LogP contribution in [0.3, 0.4) is 0 Å². The van der Waals surface area contributed by atoms with Crippen molar-refractivity contribution in [1.29, 1.82) is 0 Å². The number of ether oxygens (including phenoxy) is 1. The van der Waals surface area contributed by atoms with Crippen molar-refractivity contribution in [3.8, 4) is 5.75 Å². The molecule has 1 aliphatic rings. The number of carbonyl (C=O) groups excluding carboxylic acids is 3. The van der Waals surface area contributed by atoms with Crippen molar-refractivity contribution in [2.24, 2.45) is 0 Å². The van der Waals surface area contributed by atoms with Crippen LogP contribution < -0.4 is 0 Å². The molecule has 0 saturated carbocycles. The van der Waals surface area contributed by atoms with E-state index in [0.29, 0.717) is 5.56 Å². The van der Waals surface area contributed by atoms with Crippen LogP contribution in [0, 0.1) is 6.92 Å². The van der Waals surface area contributed by atoms with E-state index in [1.807, 2.05) is 6.92 Å². The Balaban J connectivity index is 2.22. The van der Waals surface area contributed by atoms with Gasteiger partial charge in [0.25, 0.3) is 11.1 Å². The molecule has 1 N–H and O–H groups in total. The van der Waals surface area contributed by atoms with Gasteiger partial charge in [-0.05, 0) is 43.8 Å². The van der Waals surface area contributed by atoms with Gasteiger partial charge in [-0.3, -0.25) is 19.3 Å². The number of rotatable bonds is 4. The Kier molecular flexibility index (Phi) is 4.87. The second kappa shape index (κ2) is 6.65. The van der Waals surface area contributed by atoms with Gasteiger partial charge >= 0.3 is 5.97 Å². The fraction of sp³-hybridized carbons (Fsp3) is 0.267. The summed E-state index contributed by atoms with van der Waals surface area (Å²) in [6, 6.07) is 4.96. The van der Waals surface area contributed by atoms with Crippen molar-refractivity contribution >= 4 is 35.0 Å². The summed E-state index contributed by atoms with van der Waals surface area (Å²) in [5.41, 5.74) is 1.36. The van der Waals surface area contributed by atoms with Gasteiger partial charge in [0.1, 0.15) is 12.3 Å². The first kappa shape index (κ1) is 16.1. The van der Waals surface area contributed by atoms with Gasteiger partial charge in [-0.25, -0.2) is 0 Å². The SMILES string of the molecule is CCOC(=O)CN1C(=O)S/C(=C\c2cc(C)ccc2O)C1=O. The van der Waals surface area contributed by atoms with E-state index < -0.39 is 23.7 Å². The van der Waals surface area contributed by atoms with Crippen LogP contribution in [0.1, 0.15) is 18.1 Å². The van der Waals surface area contributed by atoms with E-state index in [9.17, 15) is 19.5 Å². The number of aryl methyl sites for hydroxylation is 1. The van der Waals surface area contributed by atoms with Gasteiger partial charge in [0.2, 0.25) is 0 Å². The first-order chi connectivity index (χ1) is 10.4. The number of hydrogen-bond donors (Lipinski definition) is 1. The normalized spacial score (nSPS) is 16.5. The zero-order valence-corrected chi connectivity index (χ0v) is 13.0. The molecular formula is C15H15NO5S. The third-order valence-corrected chi connectivity index (χ3v) is 3.84. The number of aromatic hydroxyl groups is 1. The molecule has 1 aromatic rings. The molecule has 1 saturated heterocycles. The fourth-order valence-corrected chi connectivity index (χ4v) is 2.73. The first-order valence-electron chi connectivity index (χ1n) is 6.63. The van der Waals surface area contributed by atoms with E-state index in [4.69, 9.17) is 4.74 Å². The molecule has 0 aliphatic carbocycles. The highest BCUT2D eigenvalue weighted by Gasteiger charge is 2.36. The maximum Gasteiger partial charge on any atom is 0.326 e. The van der Waals surface area contributed by atoms with Crippen molar-refractivity contribution in [2.75, 3.05) is 13.2 Å². The van der Waals surface area contributed by atoms with Gasteiger partial charge in [0, 0.05) is 5.56 Å². The van der Waals surface area contributed by atoms with Crippen LogP contribution in [0.4, 0.5) is 4.79 Å². The Hall–Kier alpha value is -2.28. The molecule has 0 spiro atoms. The highest BCUT2D eigenvalue weighted by atomic mass is 32.2. The number of phenols is 1. The number of nitrogens with zero attached hydrogens (tertiary/aromatic N) is 1. The van der Waals surface area contributed by atoms with Crippen molar-refractivity contribution < 1.29 is 24.2 Å². The Labute approximate surface area is 131 Å². The summed E-state index contributed by atoms with van der Waals surface area (Å²) in [7, 11) is 0. The number of imide groups is 1. The monoisotopic (exact) mass is 321 g/mol. The van der Waals surface area contributed by atoms with Gasteiger partial charge < -0.3 is 9.84 Å². The summed E-state index contributed by atoms with van der Waals surface area (Å²) < 4.78 is 4.74. The van der Waals surface area contributed by atoms with Crippen LogP contribution in [-0.2, 0) is 14.3 Å². The number of carbonyl (C=O) groups is 3. The molecule has 7 heteroatoms. The highest BCUT2D eigenvalue weighted by Crippen LogP contribution is 2.33. The number of amides is 2. The Morgan fingerprint density at radius 1 is 1.41 bits per heavy atom. The second-order valence-corrected chi connectivity index (χ2v) is 5.63. The molecule has 0 atom stereocenters. The molecule has 2 rings (SSSR count). The highest BCUT2D eigenvalue weighted by molar-refractivity contribution is 8.18. The maximum absolute atomic E-state index is 12.2. The van der Waals surface area contributed by atoms with E-state index >= 15 is 0 Å². The zero-order chi connectivity index (χ0) is 16.3. The van der Waals surface area contributed by atoms with Crippen molar-refractivity contribution in [3.63, 3.8) is 0 Å². The first-order valence-corrected chi connectivity index (χ1v) is 7.44. The largest absolute Gasteiger partial charge is 0.507 e. The lowest BCUT2D eigenvalue weighted by Crippen LogP contribution is -2.34. The molecule has 2 amide bonds. The maximum atomic E-state index is 12.2. The lowest BCUT2D eigenvalue weighted by atomic mass is 10.1. The lowest BCUT2D eigenvalue weighted by molar-refractivity contribution is -0.145. The molecule has 0 unspecified atom stereocenters. The van der Waals surface area contributed by atoms with Crippen LogP contribution in [0.2, 0.25) is 0 Å². The van der Waals surface area contributed by atoms with Crippen LogP contribution in [-0.4, -0.2) is 40.3 Å². The molecule has 116 valence electrons. The van der Waals surface area contributed by atoms with Crippen molar-refractivity contribution in [1.82, 2.24) is 4.90 Å². The summed E-state index contributed by atoms with van der Waals surface area (Å²) in [4.78, 5) is 36.4. The summed E-state index contributed by atoms with van der Waals surface area (Å²) in [6.07, 6.45) is 1.44.